The zero-order chi connectivity index (χ0) is 60.2. The molecule has 0 fully saturated rings. The Bertz CT molecular complexity index is 4330. The number of nitrogens with zero attached hydrogens (tertiary/aromatic N) is 12. The van der Waals surface area contributed by atoms with E-state index in [1.807, 2.05) is 55.7 Å². The van der Waals surface area contributed by atoms with Gasteiger partial charge in [-0.25, -0.2) is 55.6 Å². The summed E-state index contributed by atoms with van der Waals surface area (Å²) in [6.07, 6.45) is -6.54. The van der Waals surface area contributed by atoms with Gasteiger partial charge in [0.1, 0.15) is 17.3 Å². The first-order chi connectivity index (χ1) is 40.1. The molecule has 0 N–H and O–H groups in total. The number of imidazole rings is 4. The Hall–Kier alpha value is -10.1. The summed E-state index contributed by atoms with van der Waals surface area (Å²) in [6.45, 7) is 5.82. The van der Waals surface area contributed by atoms with Crippen LogP contribution in [0.3, 0.4) is 0 Å². The quantitative estimate of drug-likeness (QED) is 0.126. The Morgan fingerprint density at radius 2 is 0.833 bits per heavy atom. The van der Waals surface area contributed by atoms with Crippen molar-refractivity contribution in [2.24, 2.45) is 0 Å². The fourth-order valence-corrected chi connectivity index (χ4v) is 8.49. The van der Waals surface area contributed by atoms with Crippen molar-refractivity contribution in [2.75, 3.05) is 28.4 Å². The molecule has 8 heterocycles. The van der Waals surface area contributed by atoms with Crippen LogP contribution in [-0.2, 0) is 12.4 Å². The Balaban J connectivity index is 0.000000135. The Kier molecular flexibility index (Phi) is 16.8. The maximum absolute atomic E-state index is 13.7. The molecule has 84 heavy (non-hydrogen) atoms. The normalized spacial score (nSPS) is 11.5. The molecule has 12 rings (SSSR count). The SMILES string of the molecule is COc1cc(-c2ccc3cnc(C)n3n2)ccc1C.COc1ccc(-c2ccc3cnc(C(F)(F)F)n3n2)c(C)c1.COc1ccc(-c2ccc3cnc(C(F)(F)F)n3n2)cc1F.COc1ccc(-c2ccc3cnc(C(F)F)n3n2)cc1F. The van der Waals surface area contributed by atoms with Crippen molar-refractivity contribution in [3.05, 3.63) is 192 Å². The topological polar surface area (TPSA) is 158 Å². The Labute approximate surface area is 470 Å². The van der Waals surface area contributed by atoms with Gasteiger partial charge in [-0.1, -0.05) is 12.1 Å². The van der Waals surface area contributed by atoms with E-state index >= 15 is 0 Å². The van der Waals surface area contributed by atoms with Gasteiger partial charge in [-0.3, -0.25) is 0 Å². The van der Waals surface area contributed by atoms with Gasteiger partial charge in [0.05, 0.1) is 98.1 Å². The van der Waals surface area contributed by atoms with Crippen LogP contribution in [-0.4, -0.2) is 86.8 Å². The predicted octanol–water partition coefficient (Wildman–Crippen LogP) is 13.8. The minimum Gasteiger partial charge on any atom is -0.497 e. The molecule has 0 spiro atoms. The third kappa shape index (κ3) is 12.5. The first-order valence-corrected chi connectivity index (χ1v) is 24.8. The van der Waals surface area contributed by atoms with E-state index in [0.717, 1.165) is 72.5 Å². The van der Waals surface area contributed by atoms with E-state index < -0.39 is 47.9 Å². The van der Waals surface area contributed by atoms with Crippen molar-refractivity contribution in [2.45, 2.75) is 39.5 Å². The van der Waals surface area contributed by atoms with E-state index in [9.17, 15) is 43.9 Å². The number of rotatable bonds is 9. The maximum Gasteiger partial charge on any atom is 0.451 e. The molecule has 0 radical (unpaired) electrons. The number of halogens is 10. The molecule has 0 aliphatic rings. The molecule has 8 aromatic heterocycles. The minimum absolute atomic E-state index is 0.0449. The van der Waals surface area contributed by atoms with E-state index in [-0.39, 0.29) is 22.7 Å². The van der Waals surface area contributed by atoms with Gasteiger partial charge >= 0.3 is 12.4 Å². The number of methoxy groups -OCH3 is 4. The second-order valence-corrected chi connectivity index (χ2v) is 18.2. The summed E-state index contributed by atoms with van der Waals surface area (Å²) < 4.78 is 155. The number of aryl methyl sites for hydroxylation is 3. The van der Waals surface area contributed by atoms with Gasteiger partial charge in [-0.2, -0.15) is 46.7 Å². The summed E-state index contributed by atoms with van der Waals surface area (Å²) in [5.74, 6) is -1.17. The van der Waals surface area contributed by atoms with Gasteiger partial charge in [0.2, 0.25) is 11.6 Å². The van der Waals surface area contributed by atoms with Crippen molar-refractivity contribution in [1.82, 2.24) is 58.4 Å². The van der Waals surface area contributed by atoms with E-state index in [2.05, 4.69) is 46.4 Å². The fourth-order valence-electron chi connectivity index (χ4n) is 8.49. The first-order valence-electron chi connectivity index (χ1n) is 24.8. The van der Waals surface area contributed by atoms with Crippen LogP contribution in [0.1, 0.15) is 40.8 Å². The minimum atomic E-state index is -4.62. The van der Waals surface area contributed by atoms with Crippen molar-refractivity contribution in [3.8, 4) is 68.0 Å². The summed E-state index contributed by atoms with van der Waals surface area (Å²) in [7, 11) is 5.93. The van der Waals surface area contributed by atoms with E-state index in [4.69, 9.17) is 18.9 Å². The molecule has 16 nitrogen and oxygen atoms in total. The molecule has 0 atom stereocenters. The summed E-state index contributed by atoms with van der Waals surface area (Å²) in [5, 5.41) is 16.7. The molecular weight excluding hydrogens is 1120 g/mol. The van der Waals surface area contributed by atoms with Crippen LogP contribution in [0.25, 0.3) is 67.1 Å². The second kappa shape index (κ2) is 24.1. The molecule has 432 valence electrons. The average Bonchev–Trinajstić information content (AvgIpc) is 3.45. The van der Waals surface area contributed by atoms with Crippen LogP contribution in [0.4, 0.5) is 43.9 Å². The highest BCUT2D eigenvalue weighted by Crippen LogP contribution is 2.33. The van der Waals surface area contributed by atoms with Crippen LogP contribution in [0.5, 0.6) is 23.0 Å². The lowest BCUT2D eigenvalue weighted by Crippen LogP contribution is -2.12. The first kappa shape index (κ1) is 58.5. The molecule has 12 aromatic rings. The monoisotopic (exact) mass is 1160 g/mol. The van der Waals surface area contributed by atoms with Gasteiger partial charge in [0.25, 0.3) is 6.43 Å². The molecule has 0 unspecified atom stereocenters. The third-order valence-corrected chi connectivity index (χ3v) is 12.7. The van der Waals surface area contributed by atoms with Crippen LogP contribution < -0.4 is 18.9 Å². The lowest BCUT2D eigenvalue weighted by molar-refractivity contribution is -0.146. The summed E-state index contributed by atoms with van der Waals surface area (Å²) >= 11 is 0. The predicted molar refractivity (Wildman–Crippen MR) is 289 cm³/mol. The molecule has 26 heteroatoms. The number of hydrogen-bond donors (Lipinski definition) is 0. The van der Waals surface area contributed by atoms with Gasteiger partial charge in [-0.15, -0.1) is 0 Å². The highest BCUT2D eigenvalue weighted by atomic mass is 19.4. The number of fused-ring (bicyclic) bond motifs is 4. The fraction of sp³-hybridized carbons (Fsp3) is 0.172. The van der Waals surface area contributed by atoms with Crippen LogP contribution in [0.15, 0.2) is 146 Å². The lowest BCUT2D eigenvalue weighted by atomic mass is 10.1. The zero-order valence-corrected chi connectivity index (χ0v) is 45.2. The number of benzene rings is 4. The standard InChI is InChI=1S/C15H12F3N3O.C15H15N3O.C14H9F4N3O.C14H10F3N3O/c1-9-7-11(22-2)4-5-12(9)13-6-3-10-8-19-14(15(16,17)18)21(10)20-13;1-10-4-5-12(8-15(10)19-3)14-7-6-13-9-16-11(2)18(13)17-14;1-22-12-5-2-8(6-10(12)15)11-4-3-9-7-19-13(14(16,17)18)21(9)20-11;1-21-12-5-2-8(6-10(12)15)11-4-3-9-7-18-14(13(16)17)20(9)19-11/h3-8H,1-2H3;4-9H,1-3H3;2-7H,1H3;2-7,13H,1H3. The van der Waals surface area contributed by atoms with Crippen molar-refractivity contribution in [1.29, 1.82) is 0 Å². The molecule has 0 saturated heterocycles. The van der Waals surface area contributed by atoms with Gasteiger partial charge in [0.15, 0.2) is 29.0 Å². The highest BCUT2D eigenvalue weighted by molar-refractivity contribution is 5.67. The van der Waals surface area contributed by atoms with E-state index in [0.29, 0.717) is 43.8 Å². The summed E-state index contributed by atoms with van der Waals surface area (Å²) in [5.41, 5.74) is 8.40. The van der Waals surface area contributed by atoms with Crippen molar-refractivity contribution in [3.63, 3.8) is 0 Å². The van der Waals surface area contributed by atoms with Crippen LogP contribution in [0.2, 0.25) is 0 Å². The number of hydrogen-bond acceptors (Lipinski definition) is 12. The Morgan fingerprint density at radius 1 is 0.405 bits per heavy atom. The van der Waals surface area contributed by atoms with Gasteiger partial charge in [-0.05, 0) is 141 Å². The van der Waals surface area contributed by atoms with E-state index in [1.54, 1.807) is 62.8 Å². The number of aromatic nitrogens is 12. The molecule has 0 bridgehead atoms. The summed E-state index contributed by atoms with van der Waals surface area (Å²) in [4.78, 5) is 14.6. The van der Waals surface area contributed by atoms with E-state index in [1.165, 1.54) is 56.8 Å². The van der Waals surface area contributed by atoms with Crippen molar-refractivity contribution >= 4 is 22.1 Å². The Morgan fingerprint density at radius 3 is 1.31 bits per heavy atom. The lowest BCUT2D eigenvalue weighted by Gasteiger charge is -2.09. The molecule has 4 aromatic carbocycles. The maximum atomic E-state index is 13.7. The largest absolute Gasteiger partial charge is 0.497 e. The third-order valence-electron chi connectivity index (χ3n) is 12.7. The van der Waals surface area contributed by atoms with Gasteiger partial charge in [0, 0.05) is 22.3 Å². The molecule has 0 saturated carbocycles. The molecule has 0 aliphatic heterocycles. The average molecular weight is 1170 g/mol. The second-order valence-electron chi connectivity index (χ2n) is 18.2. The summed E-state index contributed by atoms with van der Waals surface area (Å²) in [6, 6.07) is 33.2. The smallest absolute Gasteiger partial charge is 0.451 e. The molecule has 0 aliphatic carbocycles. The van der Waals surface area contributed by atoms with Crippen LogP contribution in [0, 0.1) is 32.4 Å². The van der Waals surface area contributed by atoms with Crippen molar-refractivity contribution < 1.29 is 62.9 Å². The number of ether oxygens (including phenoxy) is 4. The molecule has 0 amide bonds. The number of alkyl halides is 8. The highest BCUT2D eigenvalue weighted by Gasteiger charge is 2.37. The zero-order valence-electron chi connectivity index (χ0n) is 45.2. The van der Waals surface area contributed by atoms with Crippen LogP contribution >= 0.6 is 0 Å². The molecular formula is C58H46F10N12O4. The van der Waals surface area contributed by atoms with Gasteiger partial charge < -0.3 is 18.9 Å².